The van der Waals surface area contributed by atoms with Crippen LogP contribution >= 0.6 is 0 Å². The summed E-state index contributed by atoms with van der Waals surface area (Å²) in [5.74, 6) is 0.237. The van der Waals surface area contributed by atoms with Gasteiger partial charge in [0.1, 0.15) is 0 Å². The lowest BCUT2D eigenvalue weighted by atomic mass is 10.1. The summed E-state index contributed by atoms with van der Waals surface area (Å²) in [5.41, 5.74) is 0. The van der Waals surface area contributed by atoms with E-state index < -0.39 is 0 Å². The summed E-state index contributed by atoms with van der Waals surface area (Å²) in [4.78, 5) is 13.8. The maximum absolute atomic E-state index is 11.3. The van der Waals surface area contributed by atoms with Crippen LogP contribution in [-0.2, 0) is 4.79 Å². The highest BCUT2D eigenvalue weighted by Crippen LogP contribution is 2.23. The summed E-state index contributed by atoms with van der Waals surface area (Å²) >= 11 is 0. The van der Waals surface area contributed by atoms with Gasteiger partial charge >= 0.3 is 0 Å². The standard InChI is InChI=1S/C10H18N2O/c1-12-8-4-2-3-5-9(12)7-11-10(13)6-8/h8-9H,2-7H2,1H3,(H,11,13)/t8-,9-/m0/s1. The molecule has 2 aliphatic heterocycles. The van der Waals surface area contributed by atoms with Crippen molar-refractivity contribution in [3.05, 3.63) is 0 Å². The fourth-order valence-corrected chi connectivity index (χ4v) is 2.48. The Morgan fingerprint density at radius 2 is 2.00 bits per heavy atom. The lowest BCUT2D eigenvalue weighted by Gasteiger charge is -2.28. The molecule has 2 bridgehead atoms. The van der Waals surface area contributed by atoms with Crippen molar-refractivity contribution in [1.82, 2.24) is 10.2 Å². The Kier molecular flexibility index (Phi) is 2.54. The van der Waals surface area contributed by atoms with E-state index in [0.717, 1.165) is 6.54 Å². The normalized spacial score (nSPS) is 36.2. The van der Waals surface area contributed by atoms with Gasteiger partial charge in [-0.2, -0.15) is 0 Å². The van der Waals surface area contributed by atoms with Crippen molar-refractivity contribution in [1.29, 1.82) is 0 Å². The molecule has 0 unspecified atom stereocenters. The van der Waals surface area contributed by atoms with Crippen LogP contribution in [0.4, 0.5) is 0 Å². The molecule has 2 atom stereocenters. The number of carbonyl (C=O) groups is 1. The molecule has 0 aromatic carbocycles. The molecule has 0 spiro atoms. The number of carbonyl (C=O) groups excluding carboxylic acids is 1. The molecule has 13 heavy (non-hydrogen) atoms. The van der Waals surface area contributed by atoms with E-state index in [9.17, 15) is 4.79 Å². The van der Waals surface area contributed by atoms with Gasteiger partial charge in [0.2, 0.25) is 5.91 Å². The van der Waals surface area contributed by atoms with Crippen LogP contribution in [0.5, 0.6) is 0 Å². The van der Waals surface area contributed by atoms with Gasteiger partial charge in [-0.15, -0.1) is 0 Å². The van der Waals surface area contributed by atoms with Crippen molar-refractivity contribution in [2.75, 3.05) is 13.6 Å². The molecule has 2 heterocycles. The zero-order valence-corrected chi connectivity index (χ0v) is 8.25. The Bertz CT molecular complexity index is 205. The van der Waals surface area contributed by atoms with E-state index in [2.05, 4.69) is 17.3 Å². The maximum Gasteiger partial charge on any atom is 0.221 e. The summed E-state index contributed by atoms with van der Waals surface area (Å²) in [7, 11) is 2.17. The number of hydrogen-bond donors (Lipinski definition) is 1. The van der Waals surface area contributed by atoms with Gasteiger partial charge in [0.15, 0.2) is 0 Å². The highest BCUT2D eigenvalue weighted by atomic mass is 16.1. The molecule has 1 amide bonds. The molecule has 0 radical (unpaired) electrons. The highest BCUT2D eigenvalue weighted by Gasteiger charge is 2.30. The lowest BCUT2D eigenvalue weighted by molar-refractivity contribution is -0.121. The molecule has 0 aromatic heterocycles. The van der Waals surface area contributed by atoms with E-state index in [-0.39, 0.29) is 5.91 Å². The Morgan fingerprint density at radius 1 is 1.31 bits per heavy atom. The summed E-state index contributed by atoms with van der Waals surface area (Å²) < 4.78 is 0. The molecule has 0 aromatic rings. The molecule has 3 nitrogen and oxygen atoms in total. The Morgan fingerprint density at radius 3 is 2.77 bits per heavy atom. The monoisotopic (exact) mass is 182 g/mol. The van der Waals surface area contributed by atoms with Crippen molar-refractivity contribution in [3.8, 4) is 0 Å². The Labute approximate surface area is 79.5 Å². The van der Waals surface area contributed by atoms with E-state index in [1.54, 1.807) is 0 Å². The molecule has 3 heteroatoms. The van der Waals surface area contributed by atoms with Crippen LogP contribution in [0.15, 0.2) is 0 Å². The predicted molar refractivity (Wildman–Crippen MR) is 51.4 cm³/mol. The lowest BCUT2D eigenvalue weighted by Crippen LogP contribution is -2.40. The van der Waals surface area contributed by atoms with Gasteiger partial charge in [0, 0.05) is 25.0 Å². The van der Waals surface area contributed by atoms with Crippen molar-refractivity contribution in [3.63, 3.8) is 0 Å². The smallest absolute Gasteiger partial charge is 0.221 e. The topological polar surface area (TPSA) is 32.3 Å². The molecule has 0 saturated carbocycles. The van der Waals surface area contributed by atoms with Crippen molar-refractivity contribution < 1.29 is 4.79 Å². The van der Waals surface area contributed by atoms with Gasteiger partial charge < -0.3 is 5.32 Å². The minimum Gasteiger partial charge on any atom is -0.354 e. The Balaban J connectivity index is 2.13. The zero-order valence-electron chi connectivity index (χ0n) is 8.25. The second-order valence-electron chi connectivity index (χ2n) is 4.27. The van der Waals surface area contributed by atoms with Crippen LogP contribution in [0, 0.1) is 0 Å². The molecule has 2 aliphatic rings. The quantitative estimate of drug-likeness (QED) is 0.599. The maximum atomic E-state index is 11.3. The number of amides is 1. The number of fused-ring (bicyclic) bond motifs is 2. The minimum atomic E-state index is 0.237. The van der Waals surface area contributed by atoms with Gasteiger partial charge in [-0.25, -0.2) is 0 Å². The number of hydrogen-bond acceptors (Lipinski definition) is 2. The van der Waals surface area contributed by atoms with Gasteiger partial charge in [-0.1, -0.05) is 12.8 Å². The number of likely N-dealkylation sites (N-methyl/N-ethyl adjacent to an activating group) is 1. The SMILES string of the molecule is CN1[C@H]2CCCC[C@H]1CC(=O)NC2. The van der Waals surface area contributed by atoms with Crippen LogP contribution in [0.1, 0.15) is 32.1 Å². The van der Waals surface area contributed by atoms with Gasteiger partial charge in [-0.3, -0.25) is 9.69 Å². The van der Waals surface area contributed by atoms with E-state index in [4.69, 9.17) is 0 Å². The van der Waals surface area contributed by atoms with Crippen LogP contribution in [0.2, 0.25) is 0 Å². The largest absolute Gasteiger partial charge is 0.354 e. The predicted octanol–water partition coefficient (Wildman–Crippen LogP) is 0.749. The third kappa shape index (κ3) is 1.85. The second-order valence-corrected chi connectivity index (χ2v) is 4.27. The first kappa shape index (κ1) is 9.00. The van der Waals surface area contributed by atoms with E-state index >= 15 is 0 Å². The average Bonchev–Trinajstić information content (AvgIpc) is 2.35. The van der Waals surface area contributed by atoms with Gasteiger partial charge in [-0.05, 0) is 19.9 Å². The van der Waals surface area contributed by atoms with Crippen LogP contribution in [0.25, 0.3) is 0 Å². The van der Waals surface area contributed by atoms with Crippen molar-refractivity contribution in [2.45, 2.75) is 44.2 Å². The molecule has 1 N–H and O–H groups in total. The van der Waals surface area contributed by atoms with Crippen LogP contribution < -0.4 is 5.32 Å². The summed E-state index contributed by atoms with van der Waals surface area (Å²) in [6, 6.07) is 1.08. The third-order valence-electron chi connectivity index (χ3n) is 3.43. The van der Waals surface area contributed by atoms with Gasteiger partial charge in [0.05, 0.1) is 0 Å². The second kappa shape index (κ2) is 3.66. The van der Waals surface area contributed by atoms with Crippen LogP contribution in [-0.4, -0.2) is 36.5 Å². The number of rotatable bonds is 0. The molecular weight excluding hydrogens is 164 g/mol. The molecule has 2 rings (SSSR count). The van der Waals surface area contributed by atoms with Gasteiger partial charge in [0.25, 0.3) is 0 Å². The van der Waals surface area contributed by atoms with E-state index in [1.165, 1.54) is 25.7 Å². The highest BCUT2D eigenvalue weighted by molar-refractivity contribution is 5.76. The summed E-state index contributed by atoms with van der Waals surface area (Å²) in [5, 5.41) is 2.99. The first-order chi connectivity index (χ1) is 6.27. The fourth-order valence-electron chi connectivity index (χ4n) is 2.48. The van der Waals surface area contributed by atoms with Crippen LogP contribution in [0.3, 0.4) is 0 Å². The molecule has 0 aliphatic carbocycles. The fraction of sp³-hybridized carbons (Fsp3) is 0.900. The molecular formula is C10H18N2O. The summed E-state index contributed by atoms with van der Waals surface area (Å²) in [6.07, 6.45) is 5.75. The summed E-state index contributed by atoms with van der Waals surface area (Å²) in [6.45, 7) is 0.853. The van der Waals surface area contributed by atoms with Crippen molar-refractivity contribution >= 4 is 5.91 Å². The van der Waals surface area contributed by atoms with E-state index in [1.807, 2.05) is 0 Å². The van der Waals surface area contributed by atoms with Crippen molar-refractivity contribution in [2.24, 2.45) is 0 Å². The first-order valence-electron chi connectivity index (χ1n) is 5.26. The molecule has 74 valence electrons. The number of nitrogens with one attached hydrogen (secondary N) is 1. The third-order valence-corrected chi connectivity index (χ3v) is 3.43. The molecule has 2 saturated heterocycles. The molecule has 2 fully saturated rings. The zero-order chi connectivity index (χ0) is 9.26. The average molecular weight is 182 g/mol. The first-order valence-corrected chi connectivity index (χ1v) is 5.26. The number of nitrogens with zero attached hydrogens (tertiary/aromatic N) is 1. The minimum absolute atomic E-state index is 0.237. The van der Waals surface area contributed by atoms with E-state index in [0.29, 0.717) is 18.5 Å². The Hall–Kier alpha value is -0.570.